The van der Waals surface area contributed by atoms with Crippen molar-refractivity contribution >= 4 is 27.3 Å². The lowest BCUT2D eigenvalue weighted by Gasteiger charge is -2.10. The van der Waals surface area contributed by atoms with Gasteiger partial charge in [-0.2, -0.15) is 0 Å². The highest BCUT2D eigenvalue weighted by Gasteiger charge is 2.04. The highest BCUT2D eigenvalue weighted by atomic mass is 79.9. The Hall–Kier alpha value is -1.81. The minimum Gasteiger partial charge on any atom is -0.379 e. The molecule has 0 saturated heterocycles. The molecule has 0 aliphatic carbocycles. The third kappa shape index (κ3) is 2.70. The standard InChI is InChI=1S/C16H16BrN3/c1-2-12-9-13(17)6-7-15(12)18-10-14-11-20-8-4-3-5-16(20)19-14/h3-9,11,18H,2,10H2,1H3. The number of fused-ring (bicyclic) bond motifs is 1. The lowest BCUT2D eigenvalue weighted by Crippen LogP contribution is -2.02. The summed E-state index contributed by atoms with van der Waals surface area (Å²) in [5.41, 5.74) is 4.51. The SMILES string of the molecule is CCc1cc(Br)ccc1NCc1cn2ccccc2n1. The lowest BCUT2D eigenvalue weighted by molar-refractivity contribution is 1.05. The molecule has 0 atom stereocenters. The zero-order valence-electron chi connectivity index (χ0n) is 11.3. The van der Waals surface area contributed by atoms with E-state index >= 15 is 0 Å². The monoisotopic (exact) mass is 329 g/mol. The van der Waals surface area contributed by atoms with Crippen molar-refractivity contribution in [3.8, 4) is 0 Å². The maximum Gasteiger partial charge on any atom is 0.137 e. The number of pyridine rings is 1. The molecule has 2 aromatic heterocycles. The number of aryl methyl sites for hydroxylation is 1. The Morgan fingerprint density at radius 2 is 2.15 bits per heavy atom. The smallest absolute Gasteiger partial charge is 0.137 e. The summed E-state index contributed by atoms with van der Waals surface area (Å²) in [5, 5.41) is 3.47. The van der Waals surface area contributed by atoms with Gasteiger partial charge in [-0.05, 0) is 42.3 Å². The van der Waals surface area contributed by atoms with Crippen LogP contribution in [-0.4, -0.2) is 9.38 Å². The van der Waals surface area contributed by atoms with Gasteiger partial charge >= 0.3 is 0 Å². The molecular weight excluding hydrogens is 314 g/mol. The van der Waals surface area contributed by atoms with E-state index in [1.54, 1.807) is 0 Å². The van der Waals surface area contributed by atoms with Crippen LogP contribution in [0.4, 0.5) is 5.69 Å². The Morgan fingerprint density at radius 3 is 2.95 bits per heavy atom. The molecule has 1 aromatic carbocycles. The second-order valence-corrected chi connectivity index (χ2v) is 5.62. The molecule has 0 fully saturated rings. The normalized spacial score (nSPS) is 10.9. The molecule has 0 aliphatic rings. The molecule has 0 unspecified atom stereocenters. The minimum atomic E-state index is 0.732. The van der Waals surface area contributed by atoms with Gasteiger partial charge in [-0.1, -0.05) is 28.9 Å². The zero-order chi connectivity index (χ0) is 13.9. The summed E-state index contributed by atoms with van der Waals surface area (Å²) in [6, 6.07) is 12.4. The molecule has 0 saturated carbocycles. The number of benzene rings is 1. The maximum absolute atomic E-state index is 4.59. The number of hydrogen-bond acceptors (Lipinski definition) is 2. The second-order valence-electron chi connectivity index (χ2n) is 4.71. The van der Waals surface area contributed by atoms with Crippen molar-refractivity contribution in [1.29, 1.82) is 0 Å². The van der Waals surface area contributed by atoms with Crippen molar-refractivity contribution in [3.63, 3.8) is 0 Å². The summed E-state index contributed by atoms with van der Waals surface area (Å²) in [7, 11) is 0. The van der Waals surface area contributed by atoms with E-state index in [0.717, 1.165) is 28.8 Å². The van der Waals surface area contributed by atoms with Crippen molar-refractivity contribution in [2.75, 3.05) is 5.32 Å². The van der Waals surface area contributed by atoms with Gasteiger partial charge in [0.05, 0.1) is 12.2 Å². The lowest BCUT2D eigenvalue weighted by atomic mass is 10.1. The molecular formula is C16H16BrN3. The zero-order valence-corrected chi connectivity index (χ0v) is 12.9. The first kappa shape index (κ1) is 13.2. The molecule has 20 heavy (non-hydrogen) atoms. The van der Waals surface area contributed by atoms with Crippen LogP contribution in [0.5, 0.6) is 0 Å². The topological polar surface area (TPSA) is 29.3 Å². The minimum absolute atomic E-state index is 0.732. The van der Waals surface area contributed by atoms with E-state index in [0.29, 0.717) is 0 Å². The fourth-order valence-electron chi connectivity index (χ4n) is 2.29. The van der Waals surface area contributed by atoms with Gasteiger partial charge in [-0.3, -0.25) is 0 Å². The van der Waals surface area contributed by atoms with E-state index in [-0.39, 0.29) is 0 Å². The Bertz CT molecular complexity index is 700. The summed E-state index contributed by atoms with van der Waals surface area (Å²) in [4.78, 5) is 4.59. The summed E-state index contributed by atoms with van der Waals surface area (Å²) in [5.74, 6) is 0. The molecule has 0 aliphatic heterocycles. The van der Waals surface area contributed by atoms with Crippen molar-refractivity contribution in [1.82, 2.24) is 9.38 Å². The first-order valence-electron chi connectivity index (χ1n) is 6.71. The van der Waals surface area contributed by atoms with E-state index in [4.69, 9.17) is 0 Å². The Balaban J connectivity index is 1.79. The number of hydrogen-bond donors (Lipinski definition) is 1. The first-order chi connectivity index (χ1) is 9.76. The predicted molar refractivity (Wildman–Crippen MR) is 86.0 cm³/mol. The Labute approximate surface area is 126 Å². The number of rotatable bonds is 4. The van der Waals surface area contributed by atoms with E-state index in [9.17, 15) is 0 Å². The summed E-state index contributed by atoms with van der Waals surface area (Å²) < 4.78 is 3.16. The molecule has 3 rings (SSSR count). The van der Waals surface area contributed by atoms with Crippen molar-refractivity contribution in [2.24, 2.45) is 0 Å². The highest BCUT2D eigenvalue weighted by molar-refractivity contribution is 9.10. The van der Waals surface area contributed by atoms with Crippen molar-refractivity contribution in [2.45, 2.75) is 19.9 Å². The van der Waals surface area contributed by atoms with E-state index in [2.05, 4.69) is 57.6 Å². The fourth-order valence-corrected chi connectivity index (χ4v) is 2.69. The van der Waals surface area contributed by atoms with Crippen LogP contribution in [0.15, 0.2) is 53.3 Å². The maximum atomic E-state index is 4.59. The van der Waals surface area contributed by atoms with Gasteiger partial charge in [0.15, 0.2) is 0 Å². The summed E-state index contributed by atoms with van der Waals surface area (Å²) in [6.45, 7) is 2.90. The molecule has 1 N–H and O–H groups in total. The number of aromatic nitrogens is 2. The van der Waals surface area contributed by atoms with Crippen molar-refractivity contribution < 1.29 is 0 Å². The first-order valence-corrected chi connectivity index (χ1v) is 7.50. The van der Waals surface area contributed by atoms with Crippen LogP contribution in [0.25, 0.3) is 5.65 Å². The number of anilines is 1. The van der Waals surface area contributed by atoms with E-state index in [1.165, 1.54) is 11.3 Å². The molecule has 0 spiro atoms. The average Bonchev–Trinajstić information content (AvgIpc) is 2.88. The van der Waals surface area contributed by atoms with Crippen LogP contribution in [0.3, 0.4) is 0 Å². The second kappa shape index (κ2) is 5.67. The highest BCUT2D eigenvalue weighted by Crippen LogP contribution is 2.22. The van der Waals surface area contributed by atoms with Crippen LogP contribution in [0.2, 0.25) is 0 Å². The van der Waals surface area contributed by atoms with Crippen LogP contribution in [0, 0.1) is 0 Å². The molecule has 0 bridgehead atoms. The quantitative estimate of drug-likeness (QED) is 0.774. The van der Waals surface area contributed by atoms with Crippen molar-refractivity contribution in [3.05, 3.63) is 64.5 Å². The summed E-state index contributed by atoms with van der Waals surface area (Å²) in [6.07, 6.45) is 5.09. The molecule has 102 valence electrons. The van der Waals surface area contributed by atoms with E-state index in [1.807, 2.05) is 28.8 Å². The van der Waals surface area contributed by atoms with Crippen LogP contribution < -0.4 is 5.32 Å². The van der Waals surface area contributed by atoms with Gasteiger partial charge in [-0.15, -0.1) is 0 Å². The fraction of sp³-hybridized carbons (Fsp3) is 0.188. The molecule has 0 amide bonds. The summed E-state index contributed by atoms with van der Waals surface area (Å²) >= 11 is 3.51. The molecule has 3 nitrogen and oxygen atoms in total. The van der Waals surface area contributed by atoms with Crippen LogP contribution >= 0.6 is 15.9 Å². The molecule has 4 heteroatoms. The van der Waals surface area contributed by atoms with Crippen LogP contribution in [0.1, 0.15) is 18.2 Å². The average molecular weight is 330 g/mol. The van der Waals surface area contributed by atoms with Gasteiger partial charge in [-0.25, -0.2) is 4.98 Å². The predicted octanol–water partition coefficient (Wildman–Crippen LogP) is 4.27. The third-order valence-electron chi connectivity index (χ3n) is 3.32. The van der Waals surface area contributed by atoms with Gasteiger partial charge in [0, 0.05) is 22.6 Å². The number of nitrogens with one attached hydrogen (secondary N) is 1. The number of nitrogens with zero attached hydrogens (tertiary/aromatic N) is 2. The Kier molecular flexibility index (Phi) is 3.74. The van der Waals surface area contributed by atoms with Gasteiger partial charge in [0.2, 0.25) is 0 Å². The van der Waals surface area contributed by atoms with Gasteiger partial charge in [0.1, 0.15) is 5.65 Å². The van der Waals surface area contributed by atoms with E-state index < -0.39 is 0 Å². The largest absolute Gasteiger partial charge is 0.379 e. The number of halogens is 1. The van der Waals surface area contributed by atoms with Gasteiger partial charge < -0.3 is 9.72 Å². The third-order valence-corrected chi connectivity index (χ3v) is 3.82. The van der Waals surface area contributed by atoms with Crippen LogP contribution in [-0.2, 0) is 13.0 Å². The Morgan fingerprint density at radius 1 is 1.25 bits per heavy atom. The van der Waals surface area contributed by atoms with Gasteiger partial charge in [0.25, 0.3) is 0 Å². The molecule has 3 aromatic rings. The number of imidazole rings is 1. The molecule has 0 radical (unpaired) electrons. The molecule has 2 heterocycles.